The van der Waals surface area contributed by atoms with Gasteiger partial charge >= 0.3 is 6.18 Å². The van der Waals surface area contributed by atoms with Crippen molar-refractivity contribution in [3.8, 4) is 5.75 Å². The van der Waals surface area contributed by atoms with Gasteiger partial charge in [-0.3, -0.25) is 4.79 Å². The molecule has 0 saturated heterocycles. The van der Waals surface area contributed by atoms with Crippen LogP contribution >= 0.6 is 11.3 Å². The lowest BCUT2D eigenvalue weighted by Crippen LogP contribution is -2.34. The Morgan fingerprint density at radius 2 is 1.82 bits per heavy atom. The van der Waals surface area contributed by atoms with E-state index in [0.29, 0.717) is 28.6 Å². The van der Waals surface area contributed by atoms with Crippen molar-refractivity contribution in [2.45, 2.75) is 31.8 Å². The SMILES string of the molecule is Nc1nc2ccc(OCc3cn([C@@H](Cc4ccccc4)C(=O)NCc4ccc(C(F)(F)F)cc4)nn3)cc2s1. The van der Waals surface area contributed by atoms with Gasteiger partial charge in [-0.1, -0.05) is 59.0 Å². The van der Waals surface area contributed by atoms with Crippen LogP contribution in [0.25, 0.3) is 10.2 Å². The molecular weight excluding hydrogens is 529 g/mol. The minimum atomic E-state index is -4.42. The van der Waals surface area contributed by atoms with Crippen LogP contribution in [0.15, 0.2) is 79.0 Å². The number of fused-ring (bicyclic) bond motifs is 1. The summed E-state index contributed by atoms with van der Waals surface area (Å²) in [6.07, 6.45) is -2.43. The fourth-order valence-corrected chi connectivity index (χ4v) is 4.73. The third-order valence-corrected chi connectivity index (χ3v) is 6.81. The Morgan fingerprint density at radius 3 is 2.56 bits per heavy atom. The molecule has 3 aromatic carbocycles. The van der Waals surface area contributed by atoms with Gasteiger partial charge < -0.3 is 15.8 Å². The molecule has 0 radical (unpaired) electrons. The second-order valence-electron chi connectivity index (χ2n) is 8.78. The average Bonchev–Trinajstić information content (AvgIpc) is 3.55. The normalized spacial score (nSPS) is 12.4. The Bertz CT molecular complexity index is 1570. The molecule has 2 aromatic heterocycles. The van der Waals surface area contributed by atoms with Crippen molar-refractivity contribution in [2.24, 2.45) is 0 Å². The molecule has 0 fully saturated rings. The summed E-state index contributed by atoms with van der Waals surface area (Å²) in [5, 5.41) is 11.6. The Morgan fingerprint density at radius 1 is 1.05 bits per heavy atom. The molecular formula is C27H23F3N6O2S. The molecule has 0 aliphatic carbocycles. The lowest BCUT2D eigenvalue weighted by Gasteiger charge is -2.17. The van der Waals surface area contributed by atoms with Crippen molar-refractivity contribution in [3.05, 3.63) is 101 Å². The van der Waals surface area contributed by atoms with E-state index in [2.05, 4.69) is 20.6 Å². The molecule has 5 rings (SSSR count). The number of thiazole rings is 1. The third-order valence-electron chi connectivity index (χ3n) is 5.96. The van der Waals surface area contributed by atoms with Crippen LogP contribution in [0.1, 0.15) is 28.4 Å². The summed E-state index contributed by atoms with van der Waals surface area (Å²) in [6.45, 7) is 0.197. The van der Waals surface area contributed by atoms with Crippen LogP contribution in [0.2, 0.25) is 0 Å². The predicted molar refractivity (Wildman–Crippen MR) is 141 cm³/mol. The Labute approximate surface area is 225 Å². The lowest BCUT2D eigenvalue weighted by molar-refractivity contribution is -0.137. The first kappa shape index (κ1) is 26.2. The number of nitrogens with one attached hydrogen (secondary N) is 1. The van der Waals surface area contributed by atoms with E-state index in [1.807, 2.05) is 42.5 Å². The number of aromatic nitrogens is 4. The molecule has 8 nitrogen and oxygen atoms in total. The fourth-order valence-electron chi connectivity index (χ4n) is 3.96. The van der Waals surface area contributed by atoms with Gasteiger partial charge in [0.2, 0.25) is 5.91 Å². The fraction of sp³-hybridized carbons (Fsp3) is 0.185. The first-order valence-electron chi connectivity index (χ1n) is 11.9. The predicted octanol–water partition coefficient (Wildman–Crippen LogP) is 5.17. The van der Waals surface area contributed by atoms with Crippen molar-refractivity contribution in [1.29, 1.82) is 0 Å². The molecule has 39 heavy (non-hydrogen) atoms. The maximum Gasteiger partial charge on any atom is 0.416 e. The topological polar surface area (TPSA) is 108 Å². The minimum absolute atomic E-state index is 0.0670. The van der Waals surface area contributed by atoms with Crippen molar-refractivity contribution in [1.82, 2.24) is 25.3 Å². The Hall–Kier alpha value is -4.45. The summed E-state index contributed by atoms with van der Waals surface area (Å²) >= 11 is 1.36. The molecule has 0 aliphatic rings. The van der Waals surface area contributed by atoms with E-state index in [4.69, 9.17) is 10.5 Å². The molecule has 1 amide bonds. The van der Waals surface area contributed by atoms with Gasteiger partial charge in [0.05, 0.1) is 22.0 Å². The van der Waals surface area contributed by atoms with Gasteiger partial charge in [-0.2, -0.15) is 13.2 Å². The maximum atomic E-state index is 13.2. The first-order valence-corrected chi connectivity index (χ1v) is 12.7. The number of anilines is 1. The second kappa shape index (κ2) is 11.1. The van der Waals surface area contributed by atoms with Gasteiger partial charge in [-0.15, -0.1) is 5.10 Å². The maximum absolute atomic E-state index is 13.2. The zero-order valence-electron chi connectivity index (χ0n) is 20.4. The van der Waals surface area contributed by atoms with E-state index in [9.17, 15) is 18.0 Å². The van der Waals surface area contributed by atoms with Gasteiger partial charge in [0.1, 0.15) is 24.1 Å². The first-order chi connectivity index (χ1) is 18.7. The van der Waals surface area contributed by atoms with E-state index in [1.54, 1.807) is 12.3 Å². The molecule has 2 heterocycles. The van der Waals surface area contributed by atoms with Gasteiger partial charge in [0.25, 0.3) is 0 Å². The van der Waals surface area contributed by atoms with E-state index < -0.39 is 17.8 Å². The highest BCUT2D eigenvalue weighted by atomic mass is 32.1. The number of nitrogen functional groups attached to an aromatic ring is 1. The highest BCUT2D eigenvalue weighted by Crippen LogP contribution is 2.29. The number of benzene rings is 3. The molecule has 0 unspecified atom stereocenters. The molecule has 0 aliphatic heterocycles. The van der Waals surface area contributed by atoms with E-state index in [0.717, 1.165) is 27.9 Å². The monoisotopic (exact) mass is 552 g/mol. The van der Waals surface area contributed by atoms with Crippen LogP contribution in [0.4, 0.5) is 18.3 Å². The molecule has 12 heteroatoms. The van der Waals surface area contributed by atoms with Crippen LogP contribution in [0.5, 0.6) is 5.75 Å². The van der Waals surface area contributed by atoms with Crippen LogP contribution in [0.3, 0.4) is 0 Å². The second-order valence-corrected chi connectivity index (χ2v) is 9.84. The number of hydrogen-bond acceptors (Lipinski definition) is 7. The minimum Gasteiger partial charge on any atom is -0.487 e. The van der Waals surface area contributed by atoms with Gasteiger partial charge in [0, 0.05) is 13.0 Å². The van der Waals surface area contributed by atoms with Crippen molar-refractivity contribution in [2.75, 3.05) is 5.73 Å². The standard InChI is InChI=1S/C27H23F3N6O2S/c28-27(29,30)19-8-6-18(7-9-19)14-32-25(37)23(12-17-4-2-1-3-5-17)36-15-20(34-35-36)16-38-21-10-11-22-24(13-21)39-26(31)33-22/h1-11,13,15,23H,12,14,16H2,(H2,31,33)(H,32,37)/t23-/m0/s1. The zero-order valence-corrected chi connectivity index (χ0v) is 21.2. The largest absolute Gasteiger partial charge is 0.487 e. The number of alkyl halides is 3. The molecule has 0 bridgehead atoms. The highest BCUT2D eigenvalue weighted by molar-refractivity contribution is 7.22. The summed E-state index contributed by atoms with van der Waals surface area (Å²) in [6, 6.07) is 18.8. The summed E-state index contributed by atoms with van der Waals surface area (Å²) in [5.41, 5.74) is 7.79. The summed E-state index contributed by atoms with van der Waals surface area (Å²) in [5.74, 6) is 0.278. The number of rotatable bonds is 9. The van der Waals surface area contributed by atoms with Crippen LogP contribution in [-0.4, -0.2) is 25.9 Å². The smallest absolute Gasteiger partial charge is 0.416 e. The van der Waals surface area contributed by atoms with Crippen molar-refractivity contribution in [3.63, 3.8) is 0 Å². The number of hydrogen-bond donors (Lipinski definition) is 2. The summed E-state index contributed by atoms with van der Waals surface area (Å²) in [7, 11) is 0. The van der Waals surface area contributed by atoms with Crippen LogP contribution in [0, 0.1) is 0 Å². The van der Waals surface area contributed by atoms with Crippen LogP contribution < -0.4 is 15.8 Å². The molecule has 1 atom stereocenters. The molecule has 3 N–H and O–H groups in total. The van der Waals surface area contributed by atoms with Crippen LogP contribution in [-0.2, 0) is 30.5 Å². The number of carbonyl (C=O) groups excluding carboxylic acids is 1. The van der Waals surface area contributed by atoms with Gasteiger partial charge in [-0.25, -0.2) is 9.67 Å². The van der Waals surface area contributed by atoms with Gasteiger partial charge in [0.15, 0.2) is 5.13 Å². The van der Waals surface area contributed by atoms with Gasteiger partial charge in [-0.05, 0) is 41.5 Å². The molecule has 0 saturated carbocycles. The number of amides is 1. The number of nitrogens with two attached hydrogens (primary N) is 1. The van der Waals surface area contributed by atoms with E-state index >= 15 is 0 Å². The van der Waals surface area contributed by atoms with E-state index in [1.165, 1.54) is 28.2 Å². The summed E-state index contributed by atoms with van der Waals surface area (Å²) < 4.78 is 46.8. The number of carbonyl (C=O) groups is 1. The number of ether oxygens (including phenoxy) is 1. The molecule has 200 valence electrons. The lowest BCUT2D eigenvalue weighted by atomic mass is 10.1. The third kappa shape index (κ3) is 6.52. The highest BCUT2D eigenvalue weighted by Gasteiger charge is 2.30. The van der Waals surface area contributed by atoms with Crippen molar-refractivity contribution >= 4 is 32.6 Å². The summed E-state index contributed by atoms with van der Waals surface area (Å²) in [4.78, 5) is 17.5. The number of halogens is 3. The molecule has 5 aromatic rings. The average molecular weight is 553 g/mol. The number of nitrogens with zero attached hydrogens (tertiary/aromatic N) is 4. The zero-order chi connectivity index (χ0) is 27.4. The quantitative estimate of drug-likeness (QED) is 0.261. The van der Waals surface area contributed by atoms with E-state index in [-0.39, 0.29) is 19.1 Å². The Kier molecular flexibility index (Phi) is 7.46. The Balaban J connectivity index is 1.27. The van der Waals surface area contributed by atoms with Crippen molar-refractivity contribution < 1.29 is 22.7 Å². The molecule has 0 spiro atoms.